The number of aliphatic hydroxyl groups excluding tert-OH is 1. The fourth-order valence-electron chi connectivity index (χ4n) is 2.53. The average molecular weight is 254 g/mol. The van der Waals surface area contributed by atoms with Gasteiger partial charge >= 0.3 is 0 Å². The second kappa shape index (κ2) is 4.39. The highest BCUT2D eigenvalue weighted by molar-refractivity contribution is 6.11. The van der Waals surface area contributed by atoms with Crippen molar-refractivity contribution >= 4 is 5.78 Å². The summed E-state index contributed by atoms with van der Waals surface area (Å²) < 4.78 is 1.83. The first kappa shape index (κ1) is 11.7. The molecule has 1 aromatic heterocycles. The molecule has 4 nitrogen and oxygen atoms in total. The van der Waals surface area contributed by atoms with E-state index < -0.39 is 0 Å². The van der Waals surface area contributed by atoms with Gasteiger partial charge in [0, 0.05) is 5.57 Å². The highest BCUT2D eigenvalue weighted by atomic mass is 16.2. The maximum atomic E-state index is 12.2. The summed E-state index contributed by atoms with van der Waals surface area (Å²) in [6.45, 7) is 1.83. The van der Waals surface area contributed by atoms with Crippen LogP contribution in [0, 0.1) is 6.92 Å². The Kier molecular flexibility index (Phi) is 2.71. The lowest BCUT2D eigenvalue weighted by atomic mass is 9.90. The molecule has 0 unspecified atom stereocenters. The number of aliphatic hydroxyl groups is 1. The summed E-state index contributed by atoms with van der Waals surface area (Å²) in [5.41, 5.74) is 3.69. The van der Waals surface area contributed by atoms with E-state index >= 15 is 0 Å². The Morgan fingerprint density at radius 3 is 2.68 bits per heavy atom. The lowest BCUT2D eigenvalue weighted by molar-refractivity contribution is 0.102. The van der Waals surface area contributed by atoms with Crippen LogP contribution in [0.15, 0.2) is 42.2 Å². The van der Waals surface area contributed by atoms with E-state index in [4.69, 9.17) is 5.11 Å². The quantitative estimate of drug-likeness (QED) is 0.629. The molecule has 1 N–H and O–H groups in total. The molecule has 1 heterocycles. The van der Waals surface area contributed by atoms with Gasteiger partial charge in [0.1, 0.15) is 0 Å². The molecule has 1 aliphatic rings. The molecule has 4 heteroatoms. The fourth-order valence-corrected chi connectivity index (χ4v) is 2.53. The van der Waals surface area contributed by atoms with Crippen LogP contribution in [0.25, 0.3) is 5.69 Å². The molecule has 3 rings (SSSR count). The van der Waals surface area contributed by atoms with Crippen LogP contribution >= 0.6 is 0 Å². The number of fused-ring (bicyclic) bond motifs is 1. The molecular formula is C15H14N2O2. The summed E-state index contributed by atoms with van der Waals surface area (Å²) in [5.74, 6) is -0.108. The van der Waals surface area contributed by atoms with E-state index in [1.54, 1.807) is 0 Å². The first-order valence-electron chi connectivity index (χ1n) is 6.24. The van der Waals surface area contributed by atoms with E-state index in [1.165, 1.54) is 0 Å². The van der Waals surface area contributed by atoms with Gasteiger partial charge in [-0.3, -0.25) is 4.79 Å². The van der Waals surface area contributed by atoms with Crippen molar-refractivity contribution in [3.63, 3.8) is 0 Å². The third-order valence-corrected chi connectivity index (χ3v) is 3.46. The summed E-state index contributed by atoms with van der Waals surface area (Å²) in [5, 5.41) is 13.6. The maximum absolute atomic E-state index is 12.2. The summed E-state index contributed by atoms with van der Waals surface area (Å²) >= 11 is 0. The standard InChI is InChI=1S/C15H14N2O2/c1-10-14-13(8-7-11(9-18)15(14)19)17(16-10)12-5-3-2-4-6-12/h2-6,9,18H,7-8H2,1H3. The molecule has 0 bridgehead atoms. The smallest absolute Gasteiger partial charge is 0.195 e. The Morgan fingerprint density at radius 1 is 1.26 bits per heavy atom. The Hall–Kier alpha value is -2.36. The summed E-state index contributed by atoms with van der Waals surface area (Å²) in [4.78, 5) is 12.2. The summed E-state index contributed by atoms with van der Waals surface area (Å²) in [6.07, 6.45) is 2.19. The molecule has 0 aliphatic heterocycles. The second-order valence-electron chi connectivity index (χ2n) is 4.64. The van der Waals surface area contributed by atoms with E-state index in [0.29, 0.717) is 29.7 Å². The minimum absolute atomic E-state index is 0.108. The van der Waals surface area contributed by atoms with Crippen molar-refractivity contribution in [2.45, 2.75) is 19.8 Å². The normalized spacial score (nSPS) is 16.7. The Morgan fingerprint density at radius 2 is 2.00 bits per heavy atom. The van der Waals surface area contributed by atoms with Gasteiger partial charge in [0.15, 0.2) is 5.78 Å². The van der Waals surface area contributed by atoms with Gasteiger partial charge in [0.05, 0.1) is 28.9 Å². The molecule has 0 radical (unpaired) electrons. The largest absolute Gasteiger partial charge is 0.515 e. The molecule has 0 atom stereocenters. The van der Waals surface area contributed by atoms with Gasteiger partial charge in [-0.1, -0.05) is 18.2 Å². The van der Waals surface area contributed by atoms with Gasteiger partial charge < -0.3 is 5.11 Å². The van der Waals surface area contributed by atoms with Gasteiger partial charge in [0.25, 0.3) is 0 Å². The van der Waals surface area contributed by atoms with Crippen molar-refractivity contribution in [2.75, 3.05) is 0 Å². The van der Waals surface area contributed by atoms with Crippen LogP contribution in [-0.2, 0) is 6.42 Å². The van der Waals surface area contributed by atoms with Crippen LogP contribution in [0.1, 0.15) is 28.2 Å². The molecule has 1 aromatic carbocycles. The summed E-state index contributed by atoms with van der Waals surface area (Å²) in [7, 11) is 0. The van der Waals surface area contributed by atoms with Gasteiger partial charge in [-0.25, -0.2) is 4.68 Å². The average Bonchev–Trinajstić information content (AvgIpc) is 2.78. The number of nitrogens with zero attached hydrogens (tertiary/aromatic N) is 2. The molecule has 0 saturated heterocycles. The predicted octanol–water partition coefficient (Wildman–Crippen LogP) is 2.75. The molecule has 96 valence electrons. The Bertz CT molecular complexity index is 669. The number of carbonyl (C=O) groups is 1. The number of aryl methyl sites for hydroxylation is 1. The van der Waals surface area contributed by atoms with E-state index in [-0.39, 0.29) is 5.78 Å². The van der Waals surface area contributed by atoms with Crippen LogP contribution in [0.4, 0.5) is 0 Å². The minimum Gasteiger partial charge on any atom is -0.515 e. The Balaban J connectivity index is 2.18. The molecule has 0 saturated carbocycles. The Labute approximate surface area is 111 Å². The lowest BCUT2D eigenvalue weighted by Crippen LogP contribution is -2.16. The van der Waals surface area contributed by atoms with Crippen molar-refractivity contribution in [2.24, 2.45) is 0 Å². The zero-order valence-electron chi connectivity index (χ0n) is 10.6. The number of carbonyl (C=O) groups excluding carboxylic acids is 1. The van der Waals surface area contributed by atoms with Gasteiger partial charge in [-0.15, -0.1) is 0 Å². The number of aromatic nitrogens is 2. The highest BCUT2D eigenvalue weighted by Gasteiger charge is 2.29. The maximum Gasteiger partial charge on any atom is 0.195 e. The highest BCUT2D eigenvalue weighted by Crippen LogP contribution is 2.29. The number of benzene rings is 1. The topological polar surface area (TPSA) is 55.1 Å². The number of allylic oxidation sites excluding steroid dienone is 1. The first-order valence-corrected chi connectivity index (χ1v) is 6.24. The molecule has 2 aromatic rings. The molecular weight excluding hydrogens is 240 g/mol. The van der Waals surface area contributed by atoms with Crippen LogP contribution in [0.3, 0.4) is 0 Å². The van der Waals surface area contributed by atoms with Crippen LogP contribution in [-0.4, -0.2) is 20.7 Å². The number of Topliss-reactive ketones (excluding diaryl/α,β-unsaturated/α-hetero) is 1. The number of para-hydroxylation sites is 1. The number of hydrogen-bond donors (Lipinski definition) is 1. The van der Waals surface area contributed by atoms with Crippen LogP contribution in [0.2, 0.25) is 0 Å². The predicted molar refractivity (Wildman–Crippen MR) is 71.7 cm³/mol. The summed E-state index contributed by atoms with van der Waals surface area (Å²) in [6, 6.07) is 9.78. The second-order valence-corrected chi connectivity index (χ2v) is 4.64. The van der Waals surface area contributed by atoms with Gasteiger partial charge in [-0.05, 0) is 31.9 Å². The van der Waals surface area contributed by atoms with Gasteiger partial charge in [0.2, 0.25) is 0 Å². The molecule has 1 aliphatic carbocycles. The molecule has 19 heavy (non-hydrogen) atoms. The van der Waals surface area contributed by atoms with Crippen molar-refractivity contribution < 1.29 is 9.90 Å². The third-order valence-electron chi connectivity index (χ3n) is 3.46. The number of ketones is 1. The lowest BCUT2D eigenvalue weighted by Gasteiger charge is -2.15. The first-order chi connectivity index (χ1) is 9.22. The zero-order valence-corrected chi connectivity index (χ0v) is 10.6. The fraction of sp³-hybridized carbons (Fsp3) is 0.200. The zero-order chi connectivity index (χ0) is 13.4. The van der Waals surface area contributed by atoms with E-state index in [2.05, 4.69) is 5.10 Å². The minimum atomic E-state index is -0.108. The van der Waals surface area contributed by atoms with Crippen molar-refractivity contribution in [3.05, 3.63) is 59.1 Å². The third kappa shape index (κ3) is 1.76. The van der Waals surface area contributed by atoms with Crippen LogP contribution in [0.5, 0.6) is 0 Å². The van der Waals surface area contributed by atoms with E-state index in [0.717, 1.165) is 17.6 Å². The number of rotatable bonds is 1. The van der Waals surface area contributed by atoms with Gasteiger partial charge in [-0.2, -0.15) is 5.10 Å². The van der Waals surface area contributed by atoms with Crippen LogP contribution < -0.4 is 0 Å². The van der Waals surface area contributed by atoms with E-state index in [1.807, 2.05) is 41.9 Å². The van der Waals surface area contributed by atoms with Crippen molar-refractivity contribution in [1.82, 2.24) is 9.78 Å². The molecule has 0 fully saturated rings. The van der Waals surface area contributed by atoms with Crippen molar-refractivity contribution in [3.8, 4) is 5.69 Å². The van der Waals surface area contributed by atoms with Crippen molar-refractivity contribution in [1.29, 1.82) is 0 Å². The molecule has 0 amide bonds. The SMILES string of the molecule is Cc1nn(-c2ccccc2)c2c1C(=O)C(=CO)CC2. The van der Waals surface area contributed by atoms with E-state index in [9.17, 15) is 4.79 Å². The molecule has 0 spiro atoms. The number of hydrogen-bond acceptors (Lipinski definition) is 3. The monoisotopic (exact) mass is 254 g/mol.